The Balaban J connectivity index is 1.64. The number of aryl methyl sites for hydroxylation is 2. The van der Waals surface area contributed by atoms with Gasteiger partial charge in [0, 0.05) is 35.3 Å². The zero-order chi connectivity index (χ0) is 21.4. The van der Waals surface area contributed by atoms with Crippen LogP contribution in [0.2, 0.25) is 0 Å². The van der Waals surface area contributed by atoms with Gasteiger partial charge in [-0.25, -0.2) is 4.79 Å². The van der Waals surface area contributed by atoms with Crippen molar-refractivity contribution in [2.45, 2.75) is 59.0 Å². The van der Waals surface area contributed by atoms with Gasteiger partial charge >= 0.3 is 5.63 Å². The molecule has 30 heavy (non-hydrogen) atoms. The molecule has 0 unspecified atom stereocenters. The van der Waals surface area contributed by atoms with E-state index in [4.69, 9.17) is 4.42 Å². The first-order valence-corrected chi connectivity index (χ1v) is 10.5. The van der Waals surface area contributed by atoms with E-state index in [1.807, 2.05) is 38.1 Å². The van der Waals surface area contributed by atoms with Crippen LogP contribution in [0.3, 0.4) is 0 Å². The lowest BCUT2D eigenvalue weighted by Gasteiger charge is -2.15. The minimum atomic E-state index is -0.356. The molecular formula is C25H28N2O3. The lowest BCUT2D eigenvalue weighted by molar-refractivity contribution is 0.0951. The Morgan fingerprint density at radius 1 is 1.10 bits per heavy atom. The molecule has 3 aromatic rings. The number of amides is 1. The second-order valence-electron chi connectivity index (χ2n) is 8.58. The molecule has 1 heterocycles. The van der Waals surface area contributed by atoms with Gasteiger partial charge in [0.1, 0.15) is 5.58 Å². The van der Waals surface area contributed by atoms with Crippen LogP contribution >= 0.6 is 0 Å². The van der Waals surface area contributed by atoms with Gasteiger partial charge in [-0.3, -0.25) is 4.79 Å². The molecule has 0 aliphatic heterocycles. The highest BCUT2D eigenvalue weighted by Gasteiger charge is 2.24. The highest BCUT2D eigenvalue weighted by atomic mass is 16.4. The number of anilines is 1. The maximum atomic E-state index is 12.4. The zero-order valence-electron chi connectivity index (χ0n) is 18.0. The van der Waals surface area contributed by atoms with Crippen molar-refractivity contribution in [3.05, 3.63) is 74.6 Å². The van der Waals surface area contributed by atoms with Crippen LogP contribution in [0.15, 0.2) is 45.6 Å². The molecule has 1 fully saturated rings. The quantitative estimate of drug-likeness (QED) is 0.565. The van der Waals surface area contributed by atoms with Gasteiger partial charge in [-0.1, -0.05) is 19.9 Å². The molecule has 0 spiro atoms. The third-order valence-corrected chi connectivity index (χ3v) is 5.72. The summed E-state index contributed by atoms with van der Waals surface area (Å²) in [5, 5.41) is 7.38. The van der Waals surface area contributed by atoms with Crippen molar-refractivity contribution in [1.29, 1.82) is 0 Å². The molecule has 0 atom stereocenters. The Labute approximate surface area is 176 Å². The Hall–Kier alpha value is -3.08. The first-order chi connectivity index (χ1) is 14.3. The van der Waals surface area contributed by atoms with E-state index < -0.39 is 0 Å². The molecule has 2 aromatic carbocycles. The molecule has 156 valence electrons. The van der Waals surface area contributed by atoms with Crippen LogP contribution in [0.1, 0.15) is 65.2 Å². The largest absolute Gasteiger partial charge is 0.423 e. The summed E-state index contributed by atoms with van der Waals surface area (Å²) in [6.45, 7) is 8.83. The van der Waals surface area contributed by atoms with Crippen molar-refractivity contribution in [3.63, 3.8) is 0 Å². The fourth-order valence-corrected chi connectivity index (χ4v) is 3.80. The second kappa shape index (κ2) is 7.98. The van der Waals surface area contributed by atoms with Crippen molar-refractivity contribution in [2.24, 2.45) is 0 Å². The second-order valence-corrected chi connectivity index (χ2v) is 8.58. The van der Waals surface area contributed by atoms with Crippen molar-refractivity contribution >= 4 is 22.6 Å². The predicted octanol–water partition coefficient (Wildman–Crippen LogP) is 5.04. The lowest BCUT2D eigenvalue weighted by Crippen LogP contribution is -2.25. The normalized spacial score (nSPS) is 13.6. The first-order valence-electron chi connectivity index (χ1n) is 10.5. The third kappa shape index (κ3) is 4.25. The van der Waals surface area contributed by atoms with E-state index in [0.717, 1.165) is 40.6 Å². The summed E-state index contributed by atoms with van der Waals surface area (Å²) in [5.74, 6) is 0.342. The fourth-order valence-electron chi connectivity index (χ4n) is 3.80. The molecule has 0 bridgehead atoms. The van der Waals surface area contributed by atoms with Gasteiger partial charge < -0.3 is 15.1 Å². The molecular weight excluding hydrogens is 376 g/mol. The summed E-state index contributed by atoms with van der Waals surface area (Å²) >= 11 is 0. The fraction of sp³-hybridized carbons (Fsp3) is 0.360. The number of fused-ring (bicyclic) bond motifs is 1. The van der Waals surface area contributed by atoms with E-state index in [9.17, 15) is 9.59 Å². The molecule has 1 saturated carbocycles. The van der Waals surface area contributed by atoms with Crippen molar-refractivity contribution < 1.29 is 9.21 Å². The molecule has 2 N–H and O–H groups in total. The van der Waals surface area contributed by atoms with Crippen molar-refractivity contribution in [3.8, 4) is 0 Å². The highest BCUT2D eigenvalue weighted by Crippen LogP contribution is 2.28. The standard InChI is InChI=1S/C25H28N2O3/c1-14(2)20-12-21-18(11-24(28)30-23(21)9-16(20)4)13-26-22-10-17(6-5-15(22)3)25(29)27-19-7-8-19/h5-6,9-12,14,19,26H,7-8,13H2,1-4H3,(H,27,29). The smallest absolute Gasteiger partial charge is 0.336 e. The number of benzene rings is 2. The predicted molar refractivity (Wildman–Crippen MR) is 120 cm³/mol. The number of hydrogen-bond acceptors (Lipinski definition) is 4. The van der Waals surface area contributed by atoms with E-state index in [1.54, 1.807) is 6.07 Å². The Morgan fingerprint density at radius 3 is 2.57 bits per heavy atom. The van der Waals surface area contributed by atoms with Gasteiger partial charge in [0.25, 0.3) is 5.91 Å². The molecule has 0 saturated heterocycles. The van der Waals surface area contributed by atoms with E-state index in [1.165, 1.54) is 5.56 Å². The van der Waals surface area contributed by atoms with Crippen LogP contribution in [0.25, 0.3) is 11.0 Å². The summed E-state index contributed by atoms with van der Waals surface area (Å²) in [6.07, 6.45) is 2.12. The summed E-state index contributed by atoms with van der Waals surface area (Å²) in [7, 11) is 0. The van der Waals surface area contributed by atoms with E-state index in [2.05, 4.69) is 30.5 Å². The van der Waals surface area contributed by atoms with Crippen LogP contribution < -0.4 is 16.3 Å². The van der Waals surface area contributed by atoms with Gasteiger partial charge in [0.05, 0.1) is 0 Å². The van der Waals surface area contributed by atoms with Gasteiger partial charge in [-0.15, -0.1) is 0 Å². The van der Waals surface area contributed by atoms with Gasteiger partial charge in [-0.2, -0.15) is 0 Å². The third-order valence-electron chi connectivity index (χ3n) is 5.72. The summed E-state index contributed by atoms with van der Waals surface area (Å²) in [6, 6.07) is 11.6. The number of rotatable bonds is 6. The number of carbonyl (C=O) groups is 1. The Bertz CT molecular complexity index is 1170. The summed E-state index contributed by atoms with van der Waals surface area (Å²) in [5.41, 5.74) is 6.07. The number of carbonyl (C=O) groups excluding carboxylic acids is 1. The van der Waals surface area contributed by atoms with Crippen molar-refractivity contribution in [1.82, 2.24) is 5.32 Å². The average Bonchev–Trinajstić information content (AvgIpc) is 3.50. The molecule has 5 nitrogen and oxygen atoms in total. The van der Waals surface area contributed by atoms with Crippen LogP contribution in [-0.4, -0.2) is 11.9 Å². The van der Waals surface area contributed by atoms with E-state index in [-0.39, 0.29) is 11.5 Å². The Morgan fingerprint density at radius 2 is 1.87 bits per heavy atom. The van der Waals surface area contributed by atoms with E-state index in [0.29, 0.717) is 29.7 Å². The highest BCUT2D eigenvalue weighted by molar-refractivity contribution is 5.95. The lowest BCUT2D eigenvalue weighted by atomic mass is 9.95. The maximum Gasteiger partial charge on any atom is 0.336 e. The molecule has 1 amide bonds. The molecule has 1 aliphatic carbocycles. The average molecular weight is 405 g/mol. The molecule has 0 radical (unpaired) electrons. The van der Waals surface area contributed by atoms with E-state index >= 15 is 0 Å². The zero-order valence-corrected chi connectivity index (χ0v) is 18.0. The van der Waals surface area contributed by atoms with Crippen LogP contribution in [-0.2, 0) is 6.54 Å². The molecule has 5 heteroatoms. The van der Waals surface area contributed by atoms with Crippen LogP contribution in [0.5, 0.6) is 0 Å². The summed E-state index contributed by atoms with van der Waals surface area (Å²) < 4.78 is 5.45. The number of nitrogens with one attached hydrogen (secondary N) is 2. The van der Waals surface area contributed by atoms with Gasteiger partial charge in [0.2, 0.25) is 0 Å². The first kappa shape index (κ1) is 20.2. The monoisotopic (exact) mass is 404 g/mol. The molecule has 4 rings (SSSR count). The van der Waals surface area contributed by atoms with Crippen molar-refractivity contribution in [2.75, 3.05) is 5.32 Å². The summed E-state index contributed by atoms with van der Waals surface area (Å²) in [4.78, 5) is 24.5. The minimum absolute atomic E-state index is 0.0385. The van der Waals surface area contributed by atoms with Crippen LogP contribution in [0, 0.1) is 13.8 Å². The molecule has 1 aliphatic rings. The molecule has 1 aromatic heterocycles. The SMILES string of the molecule is Cc1ccc(C(=O)NC2CC2)cc1NCc1cc(=O)oc2cc(C)c(C(C)C)cc12. The Kier molecular flexibility index (Phi) is 5.37. The van der Waals surface area contributed by atoms with Crippen LogP contribution in [0.4, 0.5) is 5.69 Å². The maximum absolute atomic E-state index is 12.4. The van der Waals surface area contributed by atoms with Gasteiger partial charge in [0.15, 0.2) is 0 Å². The van der Waals surface area contributed by atoms with Gasteiger partial charge in [-0.05, 0) is 79.1 Å². The number of hydrogen-bond donors (Lipinski definition) is 2. The topological polar surface area (TPSA) is 71.3 Å². The minimum Gasteiger partial charge on any atom is -0.423 e.